The molecule has 0 saturated heterocycles. The summed E-state index contributed by atoms with van der Waals surface area (Å²) in [5, 5.41) is 7.05. The molecule has 2 heterocycles. The van der Waals surface area contributed by atoms with Gasteiger partial charge in [0, 0.05) is 23.6 Å². The van der Waals surface area contributed by atoms with Crippen LogP contribution in [0.1, 0.15) is 24.6 Å². The molecule has 1 aliphatic carbocycles. The Balaban J connectivity index is 1.61. The number of aromatic nitrogens is 3. The standard InChI is InChI=1S/C19H18ClFN4O2/c1-11-2-5-16-13(8-11)18-19(27)24(6-7-25(18)23-16)10-17(26)22-12-3-4-15(21)14(20)9-12/h3-4,6-7,9,11H,2,5,8,10H2,1H3,(H,22,26)/t11-/m0/s1. The van der Waals surface area contributed by atoms with Crippen molar-refractivity contribution in [1.29, 1.82) is 0 Å². The number of rotatable bonds is 3. The minimum absolute atomic E-state index is 0.0774. The summed E-state index contributed by atoms with van der Waals surface area (Å²) >= 11 is 5.72. The molecule has 0 spiro atoms. The summed E-state index contributed by atoms with van der Waals surface area (Å²) in [7, 11) is 0. The second kappa shape index (κ2) is 6.81. The Kier molecular flexibility index (Phi) is 4.47. The van der Waals surface area contributed by atoms with Gasteiger partial charge in [0.15, 0.2) is 0 Å². The van der Waals surface area contributed by atoms with Gasteiger partial charge in [-0.15, -0.1) is 0 Å². The molecule has 1 aromatic carbocycles. The molecule has 1 aliphatic rings. The van der Waals surface area contributed by atoms with Crippen molar-refractivity contribution in [2.45, 2.75) is 32.7 Å². The highest BCUT2D eigenvalue weighted by molar-refractivity contribution is 6.31. The maximum absolute atomic E-state index is 13.2. The highest BCUT2D eigenvalue weighted by Gasteiger charge is 2.23. The van der Waals surface area contributed by atoms with Crippen LogP contribution in [0.5, 0.6) is 0 Å². The molecule has 0 unspecified atom stereocenters. The molecule has 0 fully saturated rings. The van der Waals surface area contributed by atoms with E-state index in [4.69, 9.17) is 11.6 Å². The fraction of sp³-hybridized carbons (Fsp3) is 0.316. The molecule has 0 radical (unpaired) electrons. The average Bonchev–Trinajstić information content (AvgIpc) is 2.99. The van der Waals surface area contributed by atoms with Crippen molar-refractivity contribution >= 4 is 28.7 Å². The molecule has 1 atom stereocenters. The van der Waals surface area contributed by atoms with Gasteiger partial charge in [0.2, 0.25) is 5.91 Å². The number of amides is 1. The topological polar surface area (TPSA) is 68.4 Å². The second-order valence-corrected chi connectivity index (χ2v) is 7.38. The number of benzene rings is 1. The third kappa shape index (κ3) is 3.35. The molecule has 0 bridgehead atoms. The van der Waals surface area contributed by atoms with Gasteiger partial charge >= 0.3 is 0 Å². The van der Waals surface area contributed by atoms with Crippen LogP contribution in [0, 0.1) is 11.7 Å². The Labute approximate surface area is 159 Å². The zero-order chi connectivity index (χ0) is 19.1. The molecule has 2 aromatic heterocycles. The first-order valence-corrected chi connectivity index (χ1v) is 9.14. The predicted octanol–water partition coefficient (Wildman–Crippen LogP) is 3.05. The van der Waals surface area contributed by atoms with Gasteiger partial charge in [0.1, 0.15) is 17.9 Å². The Morgan fingerprint density at radius 2 is 2.22 bits per heavy atom. The smallest absolute Gasteiger partial charge is 0.277 e. The first kappa shape index (κ1) is 17.7. The van der Waals surface area contributed by atoms with Crippen molar-refractivity contribution in [2.24, 2.45) is 5.92 Å². The number of anilines is 1. The number of fused-ring (bicyclic) bond motifs is 3. The quantitative estimate of drug-likeness (QED) is 0.749. The molecule has 4 rings (SSSR count). The first-order valence-electron chi connectivity index (χ1n) is 8.77. The lowest BCUT2D eigenvalue weighted by molar-refractivity contribution is -0.116. The molecule has 3 aromatic rings. The van der Waals surface area contributed by atoms with Crippen LogP contribution in [0.4, 0.5) is 10.1 Å². The van der Waals surface area contributed by atoms with Crippen molar-refractivity contribution in [3.8, 4) is 0 Å². The first-order chi connectivity index (χ1) is 12.9. The second-order valence-electron chi connectivity index (χ2n) is 6.97. The van der Waals surface area contributed by atoms with E-state index in [9.17, 15) is 14.0 Å². The van der Waals surface area contributed by atoms with Crippen molar-refractivity contribution in [3.63, 3.8) is 0 Å². The van der Waals surface area contributed by atoms with Gasteiger partial charge in [-0.25, -0.2) is 8.91 Å². The fourth-order valence-corrected chi connectivity index (χ4v) is 3.68. The highest BCUT2D eigenvalue weighted by Crippen LogP contribution is 2.26. The van der Waals surface area contributed by atoms with Crippen molar-refractivity contribution in [1.82, 2.24) is 14.2 Å². The van der Waals surface area contributed by atoms with Gasteiger partial charge in [0.05, 0.1) is 10.7 Å². The molecule has 1 N–H and O–H groups in total. The van der Waals surface area contributed by atoms with Crippen molar-refractivity contribution in [2.75, 3.05) is 5.32 Å². The maximum Gasteiger partial charge on any atom is 0.277 e. The molecule has 140 valence electrons. The molecule has 0 saturated carbocycles. The number of nitrogens with one attached hydrogen (secondary N) is 1. The van der Waals surface area contributed by atoms with Crippen LogP contribution in [0.2, 0.25) is 5.02 Å². The molecule has 27 heavy (non-hydrogen) atoms. The lowest BCUT2D eigenvalue weighted by Gasteiger charge is -2.16. The summed E-state index contributed by atoms with van der Waals surface area (Å²) in [6.45, 7) is 2.01. The van der Waals surface area contributed by atoms with Crippen LogP contribution in [-0.2, 0) is 24.2 Å². The van der Waals surface area contributed by atoms with Gasteiger partial charge in [-0.3, -0.25) is 9.59 Å². The summed E-state index contributed by atoms with van der Waals surface area (Å²) in [6.07, 6.45) is 5.99. The molecule has 8 heteroatoms. The largest absolute Gasteiger partial charge is 0.324 e. The third-order valence-electron chi connectivity index (χ3n) is 4.89. The van der Waals surface area contributed by atoms with Crippen LogP contribution in [-0.4, -0.2) is 20.1 Å². The summed E-state index contributed by atoms with van der Waals surface area (Å²) < 4.78 is 16.2. The van der Waals surface area contributed by atoms with Crippen LogP contribution in [0.3, 0.4) is 0 Å². The van der Waals surface area contributed by atoms with Gasteiger partial charge in [0.25, 0.3) is 5.56 Å². The number of carbonyl (C=O) groups excluding carboxylic acids is 1. The van der Waals surface area contributed by atoms with E-state index in [0.29, 0.717) is 17.1 Å². The van der Waals surface area contributed by atoms with Gasteiger partial charge in [-0.1, -0.05) is 18.5 Å². The normalized spacial score (nSPS) is 16.3. The lowest BCUT2D eigenvalue weighted by atomic mass is 9.88. The number of carbonyl (C=O) groups is 1. The van der Waals surface area contributed by atoms with E-state index in [1.807, 2.05) is 0 Å². The summed E-state index contributed by atoms with van der Waals surface area (Å²) in [4.78, 5) is 25.2. The van der Waals surface area contributed by atoms with Crippen molar-refractivity contribution in [3.05, 3.63) is 63.0 Å². The minimum atomic E-state index is -0.559. The van der Waals surface area contributed by atoms with E-state index in [0.717, 1.165) is 30.5 Å². The van der Waals surface area contributed by atoms with Gasteiger partial charge < -0.3 is 9.88 Å². The van der Waals surface area contributed by atoms with Crippen molar-refractivity contribution < 1.29 is 9.18 Å². The Bertz CT molecular complexity index is 1110. The SMILES string of the molecule is C[C@H]1CCc2nn3ccn(CC(=O)Nc4ccc(F)c(Cl)c4)c(=O)c3c2C1. The Morgan fingerprint density at radius 3 is 3.00 bits per heavy atom. The summed E-state index contributed by atoms with van der Waals surface area (Å²) in [5.41, 5.74) is 2.62. The number of halogens is 2. The van der Waals surface area contributed by atoms with E-state index in [1.54, 1.807) is 16.9 Å². The maximum atomic E-state index is 13.2. The predicted molar refractivity (Wildman–Crippen MR) is 101 cm³/mol. The molecule has 1 amide bonds. The number of aryl methyl sites for hydroxylation is 1. The fourth-order valence-electron chi connectivity index (χ4n) is 3.50. The van der Waals surface area contributed by atoms with Gasteiger partial charge in [-0.05, 0) is 43.4 Å². The zero-order valence-corrected chi connectivity index (χ0v) is 15.5. The number of hydrogen-bond acceptors (Lipinski definition) is 3. The highest BCUT2D eigenvalue weighted by atomic mass is 35.5. The Hall–Kier alpha value is -2.67. The Morgan fingerprint density at radius 1 is 1.41 bits per heavy atom. The van der Waals surface area contributed by atoms with E-state index >= 15 is 0 Å². The average molecular weight is 389 g/mol. The monoisotopic (exact) mass is 388 g/mol. The number of hydrogen-bond donors (Lipinski definition) is 1. The lowest BCUT2D eigenvalue weighted by Crippen LogP contribution is -2.28. The summed E-state index contributed by atoms with van der Waals surface area (Å²) in [6, 6.07) is 3.92. The molecule has 6 nitrogen and oxygen atoms in total. The summed E-state index contributed by atoms with van der Waals surface area (Å²) in [5.74, 6) is -0.452. The van der Waals surface area contributed by atoms with Crippen LogP contribution in [0.15, 0.2) is 35.4 Å². The van der Waals surface area contributed by atoms with Crippen LogP contribution < -0.4 is 10.9 Å². The van der Waals surface area contributed by atoms with E-state index in [2.05, 4.69) is 17.3 Å². The van der Waals surface area contributed by atoms with E-state index in [-0.39, 0.29) is 17.1 Å². The molecular formula is C19H18ClFN4O2. The van der Waals surface area contributed by atoms with Crippen LogP contribution >= 0.6 is 11.6 Å². The minimum Gasteiger partial charge on any atom is -0.324 e. The van der Waals surface area contributed by atoms with Gasteiger partial charge in [-0.2, -0.15) is 5.10 Å². The molecule has 0 aliphatic heterocycles. The van der Waals surface area contributed by atoms with E-state index < -0.39 is 11.7 Å². The number of nitrogens with zero attached hydrogens (tertiary/aromatic N) is 3. The zero-order valence-electron chi connectivity index (χ0n) is 14.7. The molecular weight excluding hydrogens is 371 g/mol. The third-order valence-corrected chi connectivity index (χ3v) is 5.18. The van der Waals surface area contributed by atoms with E-state index in [1.165, 1.54) is 22.8 Å². The van der Waals surface area contributed by atoms with Crippen LogP contribution in [0.25, 0.3) is 5.52 Å².